The summed E-state index contributed by atoms with van der Waals surface area (Å²) in [7, 11) is 0. The van der Waals surface area contributed by atoms with Crippen molar-refractivity contribution in [3.05, 3.63) is 63.9 Å². The van der Waals surface area contributed by atoms with Gasteiger partial charge in [-0.1, -0.05) is 0 Å². The maximum Gasteiger partial charge on any atom is 0.0487 e. The average Bonchev–Trinajstić information content (AvgIpc) is 3.05. The van der Waals surface area contributed by atoms with Crippen molar-refractivity contribution in [2.75, 3.05) is 0 Å². The Morgan fingerprint density at radius 3 is 2.00 bits per heavy atom. The third-order valence-corrected chi connectivity index (χ3v) is 3.59. The Morgan fingerprint density at radius 2 is 1.71 bits per heavy atom. The molecule has 0 fully saturated rings. The van der Waals surface area contributed by atoms with Crippen LogP contribution in [0.15, 0.2) is 63.9 Å². The van der Waals surface area contributed by atoms with E-state index >= 15 is 0 Å². The molecule has 2 aliphatic rings. The van der Waals surface area contributed by atoms with Gasteiger partial charge in [-0.2, -0.15) is 5.10 Å². The van der Waals surface area contributed by atoms with Crippen LogP contribution < -0.4 is 0 Å². The molecule has 3 rings (SSSR count). The second-order valence-electron chi connectivity index (χ2n) is 3.32. The Bertz CT molecular complexity index is 385. The Kier molecular flexibility index (Phi) is 6.99. The molecule has 0 aliphatic heterocycles. The molecule has 17 heavy (non-hydrogen) atoms. The van der Waals surface area contributed by atoms with Crippen molar-refractivity contribution < 1.29 is 32.0 Å². The fraction of sp³-hybridized carbons (Fsp3) is 0.154. The van der Waals surface area contributed by atoms with Crippen LogP contribution in [0.2, 0.25) is 0 Å². The zero-order valence-corrected chi connectivity index (χ0v) is 11.3. The minimum Gasteiger partial charge on any atom is -0.286 e. The first-order valence-electron chi connectivity index (χ1n) is 5.22. The number of hydrogen-bond donors (Lipinski definition) is 1. The second kappa shape index (κ2) is 8.32. The zero-order valence-electron chi connectivity index (χ0n) is 9.21. The minimum atomic E-state index is 0. The maximum atomic E-state index is 3.60. The molecule has 2 nitrogen and oxygen atoms in total. The van der Waals surface area contributed by atoms with Gasteiger partial charge in [0.25, 0.3) is 0 Å². The first-order valence-corrected chi connectivity index (χ1v) is 6.33. The van der Waals surface area contributed by atoms with Crippen molar-refractivity contribution in [3.63, 3.8) is 0 Å². The Hall–Kier alpha value is -0.791. The van der Waals surface area contributed by atoms with Crippen molar-refractivity contribution in [3.8, 4) is 0 Å². The molecule has 2 aliphatic carbocycles. The van der Waals surface area contributed by atoms with Crippen LogP contribution in [-0.4, -0.2) is 10.2 Å². The van der Waals surface area contributed by atoms with Gasteiger partial charge in [-0.25, -0.2) is 0 Å². The van der Waals surface area contributed by atoms with E-state index in [1.54, 1.807) is 21.3 Å². The van der Waals surface area contributed by atoms with Gasteiger partial charge in [-0.05, 0) is 6.07 Å². The average molecular weight is 318 g/mol. The number of nitrogens with zero attached hydrogens (tertiary/aromatic N) is 1. The standard InChI is InChI=1S/2C5H5.C3H4N2.Cu.Fe/c3*1-2-4-5-3-1;;/h2*1-3H,4H2;1-3H,(H,4,5);;. The Labute approximate surface area is 119 Å². The van der Waals surface area contributed by atoms with Gasteiger partial charge in [0.2, 0.25) is 0 Å². The van der Waals surface area contributed by atoms with Crippen LogP contribution >= 0.6 is 0 Å². The molecule has 1 aromatic rings. The molecule has 0 unspecified atom stereocenters. The summed E-state index contributed by atoms with van der Waals surface area (Å²) in [5.74, 6) is 0. The third kappa shape index (κ3) is 5.38. The Balaban J connectivity index is 0.000000205. The van der Waals surface area contributed by atoms with Crippen molar-refractivity contribution in [1.82, 2.24) is 10.2 Å². The van der Waals surface area contributed by atoms with Gasteiger partial charge in [0.15, 0.2) is 0 Å². The number of hydrogen-bond acceptors (Lipinski definition) is 1. The molecule has 0 spiro atoms. The molecule has 0 atom stereocenters. The topological polar surface area (TPSA) is 28.7 Å². The molecule has 0 bridgehead atoms. The van der Waals surface area contributed by atoms with Crippen LogP contribution in [0.4, 0.5) is 0 Å². The molecule has 1 N–H and O–H groups in total. The molecule has 0 aromatic carbocycles. The minimum absolute atomic E-state index is 0. The fourth-order valence-corrected chi connectivity index (χ4v) is 2.66. The molecule has 1 aromatic heterocycles. The van der Waals surface area contributed by atoms with Crippen molar-refractivity contribution in [2.24, 2.45) is 0 Å². The summed E-state index contributed by atoms with van der Waals surface area (Å²) in [6.07, 6.45) is 19.0. The first kappa shape index (κ1) is 14.3. The summed E-state index contributed by atoms with van der Waals surface area (Å²) in [4.78, 5) is 0. The zero-order chi connectivity index (χ0) is 11.1. The van der Waals surface area contributed by atoms with Crippen LogP contribution in [0.3, 0.4) is 0 Å². The summed E-state index contributed by atoms with van der Waals surface area (Å²) in [6.45, 7) is 0. The third-order valence-electron chi connectivity index (χ3n) is 2.07. The van der Waals surface area contributed by atoms with Crippen LogP contribution in [0, 0.1) is 0 Å². The summed E-state index contributed by atoms with van der Waals surface area (Å²) >= 11 is 1.18. The number of aromatic nitrogens is 2. The number of allylic oxidation sites excluding steroid dienone is 8. The molecule has 0 amide bonds. The molecule has 1 radical (unpaired) electrons. The van der Waals surface area contributed by atoms with Gasteiger partial charge in [0.05, 0.1) is 0 Å². The SMILES string of the molecule is C1=CC[C]([Fe][C]2=CC=CC2)=C1.[Cu].c1cn[nH]c1. The second-order valence-corrected chi connectivity index (χ2v) is 5.01. The molecular weight excluding hydrogens is 304 g/mol. The summed E-state index contributed by atoms with van der Waals surface area (Å²) in [6, 6.07) is 1.83. The largest absolute Gasteiger partial charge is 0.286 e. The number of rotatable bonds is 2. The van der Waals surface area contributed by atoms with E-state index in [9.17, 15) is 0 Å². The smallest absolute Gasteiger partial charge is 0.0487 e. The fourth-order valence-electron chi connectivity index (χ4n) is 1.32. The summed E-state index contributed by atoms with van der Waals surface area (Å²) in [5.41, 5.74) is 0. The van der Waals surface area contributed by atoms with Gasteiger partial charge in [-0.15, -0.1) is 0 Å². The monoisotopic (exact) mass is 317 g/mol. The van der Waals surface area contributed by atoms with E-state index in [0.717, 1.165) is 12.8 Å². The van der Waals surface area contributed by atoms with Crippen LogP contribution in [0.1, 0.15) is 12.8 Å². The predicted molar refractivity (Wildman–Crippen MR) is 62.3 cm³/mol. The number of H-pyrrole nitrogens is 1. The molecular formula is C13H14CuFeN2. The molecule has 95 valence electrons. The van der Waals surface area contributed by atoms with E-state index in [1.807, 2.05) is 6.07 Å². The molecule has 4 heteroatoms. The maximum absolute atomic E-state index is 3.60. The molecule has 0 saturated carbocycles. The predicted octanol–water partition coefficient (Wildman–Crippen LogP) is 3.16. The van der Waals surface area contributed by atoms with Crippen molar-refractivity contribution in [2.45, 2.75) is 12.8 Å². The van der Waals surface area contributed by atoms with Gasteiger partial charge in [0.1, 0.15) is 0 Å². The van der Waals surface area contributed by atoms with Crippen molar-refractivity contribution >= 4 is 0 Å². The van der Waals surface area contributed by atoms with Gasteiger partial charge in [0, 0.05) is 29.5 Å². The van der Waals surface area contributed by atoms with E-state index in [2.05, 4.69) is 46.7 Å². The van der Waals surface area contributed by atoms with Crippen LogP contribution in [0.5, 0.6) is 0 Å². The van der Waals surface area contributed by atoms with E-state index in [1.165, 1.54) is 15.0 Å². The van der Waals surface area contributed by atoms with E-state index in [-0.39, 0.29) is 17.1 Å². The van der Waals surface area contributed by atoms with E-state index in [0.29, 0.717) is 0 Å². The van der Waals surface area contributed by atoms with Crippen LogP contribution in [0.25, 0.3) is 0 Å². The number of aromatic amines is 1. The van der Waals surface area contributed by atoms with Gasteiger partial charge in [-0.3, -0.25) is 5.10 Å². The quantitative estimate of drug-likeness (QED) is 0.834. The first-order chi connectivity index (χ1) is 7.95. The molecule has 1 heterocycles. The molecule has 0 saturated heterocycles. The van der Waals surface area contributed by atoms with Crippen molar-refractivity contribution in [1.29, 1.82) is 0 Å². The normalized spacial score (nSPS) is 16.0. The van der Waals surface area contributed by atoms with Crippen LogP contribution in [-0.2, 0) is 32.0 Å². The Morgan fingerprint density at radius 1 is 1.06 bits per heavy atom. The van der Waals surface area contributed by atoms with Gasteiger partial charge >= 0.3 is 73.2 Å². The van der Waals surface area contributed by atoms with E-state index in [4.69, 9.17) is 0 Å². The summed E-state index contributed by atoms with van der Waals surface area (Å²) in [5, 5.41) is 6.21. The number of nitrogens with one attached hydrogen (secondary N) is 1. The van der Waals surface area contributed by atoms with E-state index < -0.39 is 0 Å². The summed E-state index contributed by atoms with van der Waals surface area (Å²) < 4.78 is 3.11. The van der Waals surface area contributed by atoms with Gasteiger partial charge < -0.3 is 0 Å².